The van der Waals surface area contributed by atoms with E-state index >= 15 is 0 Å². The molecule has 0 amide bonds. The van der Waals surface area contributed by atoms with E-state index < -0.39 is 0 Å². The van der Waals surface area contributed by atoms with Gasteiger partial charge >= 0.3 is 0 Å². The summed E-state index contributed by atoms with van der Waals surface area (Å²) >= 11 is 0. The van der Waals surface area contributed by atoms with E-state index in [1.54, 1.807) is 7.11 Å². The minimum absolute atomic E-state index is 0.611. The van der Waals surface area contributed by atoms with Gasteiger partial charge in [-0.1, -0.05) is 6.07 Å². The molecule has 0 aromatic heterocycles. The van der Waals surface area contributed by atoms with Crippen molar-refractivity contribution in [2.24, 2.45) is 0 Å². The molecule has 1 heterocycles. The lowest BCUT2D eigenvalue weighted by molar-refractivity contribution is 0.146. The van der Waals surface area contributed by atoms with Crippen molar-refractivity contribution in [3.63, 3.8) is 0 Å². The molecule has 0 fully saturated rings. The van der Waals surface area contributed by atoms with Crippen molar-refractivity contribution in [3.8, 4) is 5.75 Å². The number of hydrogen-bond donors (Lipinski definition) is 0. The number of benzene rings is 1. The summed E-state index contributed by atoms with van der Waals surface area (Å²) in [5.41, 5.74) is 2.71. The molecule has 1 aliphatic heterocycles. The Balaban J connectivity index is 2.00. The van der Waals surface area contributed by atoms with E-state index in [1.807, 2.05) is 6.07 Å². The van der Waals surface area contributed by atoms with Crippen LogP contribution in [0.3, 0.4) is 0 Å². The molecule has 0 unspecified atom stereocenters. The van der Waals surface area contributed by atoms with Gasteiger partial charge in [0.15, 0.2) is 0 Å². The first-order valence-corrected chi connectivity index (χ1v) is 5.27. The predicted molar refractivity (Wildman–Crippen MR) is 58.2 cm³/mol. The van der Waals surface area contributed by atoms with E-state index in [4.69, 9.17) is 9.47 Å². The van der Waals surface area contributed by atoms with Gasteiger partial charge in [0.1, 0.15) is 12.4 Å². The van der Waals surface area contributed by atoms with Crippen LogP contribution >= 0.6 is 0 Å². The molecule has 0 N–H and O–H groups in total. The zero-order valence-electron chi connectivity index (χ0n) is 9.03. The molecule has 0 spiro atoms. The molecule has 3 nitrogen and oxygen atoms in total. The maximum atomic E-state index is 5.56. The van der Waals surface area contributed by atoms with Gasteiger partial charge in [0.2, 0.25) is 0 Å². The Kier molecular flexibility index (Phi) is 3.59. The molecule has 0 atom stereocenters. The molecule has 1 aromatic rings. The van der Waals surface area contributed by atoms with Gasteiger partial charge in [0.25, 0.3) is 0 Å². The lowest BCUT2D eigenvalue weighted by Crippen LogP contribution is -2.17. The number of rotatable bonds is 4. The average Bonchev–Trinajstić information content (AvgIpc) is 2.29. The molecule has 81 valence electrons. The summed E-state index contributed by atoms with van der Waals surface area (Å²) in [5.74, 6) is 0.938. The Hall–Kier alpha value is -1.06. The summed E-state index contributed by atoms with van der Waals surface area (Å²) in [6.07, 6.45) is 1.04. The van der Waals surface area contributed by atoms with Crippen LogP contribution in [0.5, 0.6) is 5.75 Å². The van der Waals surface area contributed by atoms with Crippen LogP contribution in [0.4, 0.5) is 0 Å². The highest BCUT2D eigenvalue weighted by Gasteiger charge is 2.09. The fourth-order valence-corrected chi connectivity index (χ4v) is 1.72. The fraction of sp³-hybridized carbons (Fsp3) is 0.500. The van der Waals surface area contributed by atoms with Crippen LogP contribution < -0.4 is 10.1 Å². The van der Waals surface area contributed by atoms with Gasteiger partial charge in [-0.15, -0.1) is 0 Å². The van der Waals surface area contributed by atoms with E-state index in [9.17, 15) is 0 Å². The number of hydrogen-bond acceptors (Lipinski definition) is 2. The predicted octanol–water partition coefficient (Wildman–Crippen LogP) is 1.37. The van der Waals surface area contributed by atoms with Gasteiger partial charge in [-0.3, -0.25) is 0 Å². The second-order valence-corrected chi connectivity index (χ2v) is 3.63. The molecule has 0 bridgehead atoms. The largest absolute Gasteiger partial charge is 0.491 e. The topological polar surface area (TPSA) is 32.6 Å². The van der Waals surface area contributed by atoms with E-state index in [0.29, 0.717) is 13.2 Å². The summed E-state index contributed by atoms with van der Waals surface area (Å²) in [6.45, 7) is 3.04. The molecule has 0 saturated heterocycles. The normalized spacial score (nSPS) is 14.7. The Bertz CT molecular complexity index is 325. The molecule has 1 aromatic carbocycles. The number of methoxy groups -OCH3 is 1. The van der Waals surface area contributed by atoms with Crippen LogP contribution in [0.1, 0.15) is 11.1 Å². The second kappa shape index (κ2) is 5.14. The smallest absolute Gasteiger partial charge is 0.119 e. The van der Waals surface area contributed by atoms with Crippen LogP contribution in [0.15, 0.2) is 18.2 Å². The van der Waals surface area contributed by atoms with Gasteiger partial charge in [0, 0.05) is 20.2 Å². The highest BCUT2D eigenvalue weighted by atomic mass is 16.5. The van der Waals surface area contributed by atoms with E-state index in [2.05, 4.69) is 17.4 Å². The third kappa shape index (κ3) is 2.70. The van der Waals surface area contributed by atoms with Crippen molar-refractivity contribution in [2.75, 3.05) is 26.9 Å². The number of ether oxygens (including phenoxy) is 2. The van der Waals surface area contributed by atoms with Crippen LogP contribution in [-0.4, -0.2) is 26.9 Å². The standard InChI is InChI=1S/C12H16NO2/c1-14-6-7-15-12-3-2-11-9-13-5-4-10(11)8-12/h2-3,8H,4-7,9H2,1H3. The highest BCUT2D eigenvalue weighted by Crippen LogP contribution is 2.20. The van der Waals surface area contributed by atoms with E-state index in [0.717, 1.165) is 25.3 Å². The first-order valence-electron chi connectivity index (χ1n) is 5.27. The Morgan fingerprint density at radius 1 is 1.27 bits per heavy atom. The first kappa shape index (κ1) is 10.5. The molecule has 3 heteroatoms. The molecule has 15 heavy (non-hydrogen) atoms. The van der Waals surface area contributed by atoms with Crippen molar-refractivity contribution >= 4 is 0 Å². The lowest BCUT2D eigenvalue weighted by Gasteiger charge is -2.16. The minimum atomic E-state index is 0.611. The van der Waals surface area contributed by atoms with Gasteiger partial charge in [-0.05, 0) is 29.7 Å². The summed E-state index contributed by atoms with van der Waals surface area (Å²) in [5, 5.41) is 4.36. The molecule has 0 aliphatic carbocycles. The Labute approximate surface area is 90.4 Å². The van der Waals surface area contributed by atoms with Gasteiger partial charge in [-0.2, -0.15) is 0 Å². The molecule has 1 aliphatic rings. The number of fused-ring (bicyclic) bond motifs is 1. The third-order valence-corrected chi connectivity index (χ3v) is 2.56. The highest BCUT2D eigenvalue weighted by molar-refractivity contribution is 5.36. The maximum absolute atomic E-state index is 5.56. The lowest BCUT2D eigenvalue weighted by atomic mass is 10.0. The van der Waals surface area contributed by atoms with Gasteiger partial charge in [-0.25, -0.2) is 5.32 Å². The quantitative estimate of drug-likeness (QED) is 0.697. The van der Waals surface area contributed by atoms with Crippen LogP contribution in [-0.2, 0) is 17.7 Å². The van der Waals surface area contributed by atoms with Crippen molar-refractivity contribution < 1.29 is 9.47 Å². The zero-order valence-corrected chi connectivity index (χ0v) is 9.03. The zero-order chi connectivity index (χ0) is 10.5. The summed E-state index contributed by atoms with van der Waals surface area (Å²) in [7, 11) is 1.68. The van der Waals surface area contributed by atoms with Crippen LogP contribution in [0.25, 0.3) is 0 Å². The third-order valence-electron chi connectivity index (χ3n) is 2.56. The Morgan fingerprint density at radius 2 is 2.20 bits per heavy atom. The van der Waals surface area contributed by atoms with Crippen LogP contribution in [0.2, 0.25) is 0 Å². The molecular formula is C12H16NO2. The van der Waals surface area contributed by atoms with Gasteiger partial charge in [0.05, 0.1) is 6.61 Å². The molecule has 0 saturated carbocycles. The number of nitrogens with zero attached hydrogens (tertiary/aromatic N) is 1. The summed E-state index contributed by atoms with van der Waals surface area (Å²) in [4.78, 5) is 0. The monoisotopic (exact) mass is 206 g/mol. The SMILES string of the molecule is COCCOc1ccc2c(c1)CC[N]C2. The minimum Gasteiger partial charge on any atom is -0.491 e. The van der Waals surface area contributed by atoms with Crippen molar-refractivity contribution in [3.05, 3.63) is 29.3 Å². The fourth-order valence-electron chi connectivity index (χ4n) is 1.72. The summed E-state index contributed by atoms with van der Waals surface area (Å²) in [6, 6.07) is 6.25. The maximum Gasteiger partial charge on any atom is 0.119 e. The van der Waals surface area contributed by atoms with Gasteiger partial charge < -0.3 is 9.47 Å². The van der Waals surface area contributed by atoms with Crippen molar-refractivity contribution in [1.82, 2.24) is 5.32 Å². The molecule has 2 rings (SSSR count). The average molecular weight is 206 g/mol. The van der Waals surface area contributed by atoms with Crippen molar-refractivity contribution in [1.29, 1.82) is 0 Å². The summed E-state index contributed by atoms with van der Waals surface area (Å²) < 4.78 is 10.5. The molecular weight excluding hydrogens is 190 g/mol. The van der Waals surface area contributed by atoms with Crippen LogP contribution in [0, 0.1) is 0 Å². The first-order chi connectivity index (χ1) is 7.40. The van der Waals surface area contributed by atoms with Crippen molar-refractivity contribution in [2.45, 2.75) is 13.0 Å². The van der Waals surface area contributed by atoms with E-state index in [-0.39, 0.29) is 0 Å². The second-order valence-electron chi connectivity index (χ2n) is 3.63. The molecule has 1 radical (unpaired) electrons. The Morgan fingerprint density at radius 3 is 3.07 bits per heavy atom. The van der Waals surface area contributed by atoms with E-state index in [1.165, 1.54) is 11.1 Å².